The first-order valence-corrected chi connectivity index (χ1v) is 8.35. The Balaban J connectivity index is 2.75. The molecule has 0 saturated heterocycles. The number of benzene rings is 1. The summed E-state index contributed by atoms with van der Waals surface area (Å²) in [7, 11) is 4.37. The van der Waals surface area contributed by atoms with E-state index in [0.29, 0.717) is 19.3 Å². The molecule has 0 heterocycles. The number of rotatable bonds is 8. The zero-order chi connectivity index (χ0) is 15.8. The number of carbonyl (C=O) groups excluding carboxylic acids is 2. The molecule has 2 atom stereocenters. The van der Waals surface area contributed by atoms with E-state index in [1.807, 2.05) is 20.0 Å². The van der Waals surface area contributed by atoms with E-state index >= 15 is 0 Å². The molecule has 0 aliphatic carbocycles. The minimum atomic E-state index is -0.250. The van der Waals surface area contributed by atoms with Gasteiger partial charge in [-0.2, -0.15) is 0 Å². The van der Waals surface area contributed by atoms with Crippen molar-refractivity contribution in [1.82, 2.24) is 5.32 Å². The number of methoxy groups -OCH3 is 1. The molecule has 5 nitrogen and oxygen atoms in total. The molecule has 1 N–H and O–H groups in total. The van der Waals surface area contributed by atoms with Crippen LogP contribution in [0.25, 0.3) is 0 Å². The van der Waals surface area contributed by atoms with Gasteiger partial charge in [0.25, 0.3) is 0 Å². The monoisotopic (exact) mass is 310 g/mol. The molecule has 6 heteroatoms. The Morgan fingerprint density at radius 3 is 2.81 bits per heavy atom. The highest BCUT2D eigenvalue weighted by atomic mass is 31.1. The van der Waals surface area contributed by atoms with Gasteiger partial charge in [-0.3, -0.25) is 14.9 Å². The zero-order valence-corrected chi connectivity index (χ0v) is 14.0. The molecule has 1 rings (SSSR count). The number of imide groups is 1. The molecule has 21 heavy (non-hydrogen) atoms. The highest BCUT2D eigenvalue weighted by molar-refractivity contribution is 7.46. The molecule has 0 aliphatic heterocycles. The third-order valence-electron chi connectivity index (χ3n) is 3.52. The molecular formula is C15H23N2O3P. The first-order chi connectivity index (χ1) is 10.0. The fraction of sp³-hybridized carbons (Fsp3) is 0.467. The van der Waals surface area contributed by atoms with Crippen molar-refractivity contribution in [2.75, 3.05) is 25.7 Å². The fourth-order valence-corrected chi connectivity index (χ4v) is 2.56. The van der Waals surface area contributed by atoms with Crippen LogP contribution in [-0.2, 0) is 9.59 Å². The van der Waals surface area contributed by atoms with Crippen molar-refractivity contribution < 1.29 is 14.3 Å². The van der Waals surface area contributed by atoms with Crippen molar-refractivity contribution in [2.45, 2.75) is 25.8 Å². The fourth-order valence-electron chi connectivity index (χ4n) is 2.03. The van der Waals surface area contributed by atoms with Crippen LogP contribution in [0.1, 0.15) is 19.8 Å². The number of hydrogen-bond donors (Lipinski definition) is 1. The molecule has 0 aromatic heterocycles. The number of hydrogen-bond acceptors (Lipinski definition) is 4. The van der Waals surface area contributed by atoms with E-state index in [1.54, 1.807) is 7.11 Å². The smallest absolute Gasteiger partial charge is 0.226 e. The van der Waals surface area contributed by atoms with Crippen LogP contribution >= 0.6 is 8.58 Å². The lowest BCUT2D eigenvalue weighted by atomic mass is 10.1. The van der Waals surface area contributed by atoms with Crippen LogP contribution < -0.4 is 20.3 Å². The lowest BCUT2D eigenvalue weighted by Crippen LogP contribution is -2.31. The maximum Gasteiger partial charge on any atom is 0.226 e. The predicted octanol–water partition coefficient (Wildman–Crippen LogP) is 1.51. The Hall–Kier alpha value is -1.61. The van der Waals surface area contributed by atoms with Crippen molar-refractivity contribution in [3.63, 3.8) is 0 Å². The number of ether oxygens (including phenoxy) is 1. The Morgan fingerprint density at radius 2 is 2.24 bits per heavy atom. The topological polar surface area (TPSA) is 58.6 Å². The molecule has 0 bridgehead atoms. The zero-order valence-electron chi connectivity index (χ0n) is 13.0. The van der Waals surface area contributed by atoms with E-state index in [0.717, 1.165) is 20.0 Å². The van der Waals surface area contributed by atoms with Crippen molar-refractivity contribution in [3.05, 3.63) is 18.2 Å². The second-order valence-electron chi connectivity index (χ2n) is 4.82. The summed E-state index contributed by atoms with van der Waals surface area (Å²) in [6.45, 7) is 4.18. The van der Waals surface area contributed by atoms with Crippen molar-refractivity contribution in [3.8, 4) is 5.75 Å². The molecule has 1 aromatic rings. The standard InChI is InChI=1S/C15H23N2O3P/c1-11(5-8-15(19)16-10-18)17(2)13-7-6-12(21-4)9-14(13)20-3/h6-7,9-11,21H,5,8H2,1-4H3,(H,16,18,19). The van der Waals surface area contributed by atoms with Crippen LogP contribution in [0.2, 0.25) is 0 Å². The molecule has 2 unspecified atom stereocenters. The summed E-state index contributed by atoms with van der Waals surface area (Å²) in [6.07, 6.45) is 1.40. The first-order valence-electron chi connectivity index (χ1n) is 6.85. The quantitative estimate of drug-likeness (QED) is 0.584. The summed E-state index contributed by atoms with van der Waals surface area (Å²) in [4.78, 5) is 23.6. The Bertz CT molecular complexity index is 494. The number of nitrogens with one attached hydrogen (secondary N) is 1. The second-order valence-corrected chi connectivity index (χ2v) is 5.90. The van der Waals surface area contributed by atoms with Crippen LogP contribution in [0.5, 0.6) is 5.75 Å². The lowest BCUT2D eigenvalue weighted by molar-refractivity contribution is -0.125. The summed E-state index contributed by atoms with van der Waals surface area (Å²) in [5, 5.41) is 3.41. The third kappa shape index (κ3) is 5.01. The van der Waals surface area contributed by atoms with Crippen molar-refractivity contribution in [2.24, 2.45) is 0 Å². The van der Waals surface area contributed by atoms with Crippen LogP contribution in [-0.4, -0.2) is 39.2 Å². The van der Waals surface area contributed by atoms with E-state index in [4.69, 9.17) is 4.74 Å². The van der Waals surface area contributed by atoms with E-state index in [2.05, 4.69) is 29.0 Å². The highest BCUT2D eigenvalue weighted by Crippen LogP contribution is 2.29. The highest BCUT2D eigenvalue weighted by Gasteiger charge is 2.15. The van der Waals surface area contributed by atoms with Crippen LogP contribution in [0, 0.1) is 0 Å². The van der Waals surface area contributed by atoms with Crippen molar-refractivity contribution >= 4 is 31.9 Å². The van der Waals surface area contributed by atoms with E-state index in [-0.39, 0.29) is 11.9 Å². The maximum absolute atomic E-state index is 11.3. The van der Waals surface area contributed by atoms with Gasteiger partial charge >= 0.3 is 0 Å². The Labute approximate surface area is 127 Å². The summed E-state index contributed by atoms with van der Waals surface area (Å²) >= 11 is 0. The summed E-state index contributed by atoms with van der Waals surface area (Å²) in [6, 6.07) is 6.35. The Kier molecular flexibility index (Phi) is 7.17. The largest absolute Gasteiger partial charge is 0.495 e. The minimum absolute atomic E-state index is 0.159. The summed E-state index contributed by atoms with van der Waals surface area (Å²) < 4.78 is 5.46. The van der Waals surface area contributed by atoms with Gasteiger partial charge < -0.3 is 9.64 Å². The van der Waals surface area contributed by atoms with Crippen LogP contribution in [0.4, 0.5) is 5.69 Å². The summed E-state index contributed by atoms with van der Waals surface area (Å²) in [5.74, 6) is 0.591. The first kappa shape index (κ1) is 17.4. The van der Waals surface area contributed by atoms with E-state index in [9.17, 15) is 9.59 Å². The molecule has 0 aliphatic rings. The molecular weight excluding hydrogens is 287 g/mol. The number of nitrogens with zero attached hydrogens (tertiary/aromatic N) is 1. The van der Waals surface area contributed by atoms with Gasteiger partial charge in [-0.1, -0.05) is 14.6 Å². The van der Waals surface area contributed by atoms with E-state index < -0.39 is 0 Å². The number of carbonyl (C=O) groups is 2. The lowest BCUT2D eigenvalue weighted by Gasteiger charge is -2.28. The summed E-state index contributed by atoms with van der Waals surface area (Å²) in [5.41, 5.74) is 1.00. The van der Waals surface area contributed by atoms with Gasteiger partial charge in [0, 0.05) is 19.5 Å². The van der Waals surface area contributed by atoms with Crippen molar-refractivity contribution in [1.29, 1.82) is 0 Å². The van der Waals surface area contributed by atoms with Crippen LogP contribution in [0.3, 0.4) is 0 Å². The average Bonchev–Trinajstić information content (AvgIpc) is 2.51. The molecule has 0 radical (unpaired) electrons. The van der Waals surface area contributed by atoms with Gasteiger partial charge in [0.05, 0.1) is 12.8 Å². The number of anilines is 1. The average molecular weight is 310 g/mol. The normalized spacial score (nSPS) is 12.2. The second kappa shape index (κ2) is 8.63. The van der Waals surface area contributed by atoms with E-state index in [1.165, 1.54) is 5.30 Å². The molecule has 0 saturated carbocycles. The van der Waals surface area contributed by atoms with Gasteiger partial charge in [0.2, 0.25) is 12.3 Å². The van der Waals surface area contributed by atoms with Gasteiger partial charge in [0.15, 0.2) is 0 Å². The molecule has 0 fully saturated rings. The predicted molar refractivity (Wildman–Crippen MR) is 88.2 cm³/mol. The van der Waals surface area contributed by atoms with Crippen LogP contribution in [0.15, 0.2) is 18.2 Å². The van der Waals surface area contributed by atoms with Gasteiger partial charge in [-0.25, -0.2) is 0 Å². The van der Waals surface area contributed by atoms with Gasteiger partial charge in [-0.15, -0.1) is 0 Å². The molecule has 1 aromatic carbocycles. The molecule has 116 valence electrons. The molecule has 2 amide bonds. The third-order valence-corrected chi connectivity index (χ3v) is 4.41. The maximum atomic E-state index is 11.3. The number of amides is 2. The van der Waals surface area contributed by atoms with Gasteiger partial charge in [-0.05, 0) is 37.4 Å². The van der Waals surface area contributed by atoms with Gasteiger partial charge in [0.1, 0.15) is 5.75 Å². The minimum Gasteiger partial charge on any atom is -0.495 e. The molecule has 0 spiro atoms. The Morgan fingerprint density at radius 1 is 1.52 bits per heavy atom. The SMILES string of the molecule is COc1cc(PC)ccc1N(C)C(C)CCC(=O)NC=O.